The van der Waals surface area contributed by atoms with E-state index in [9.17, 15) is 4.79 Å². The Hall–Kier alpha value is -2.25. The molecule has 0 aliphatic rings. The molecule has 0 radical (unpaired) electrons. The number of carbonyl (C=O) groups is 1. The minimum atomic E-state index is -0.667. The Morgan fingerprint density at radius 3 is 2.53 bits per heavy atom. The van der Waals surface area contributed by atoms with E-state index in [0.717, 1.165) is 0 Å². The van der Waals surface area contributed by atoms with Crippen molar-refractivity contribution in [1.82, 2.24) is 15.3 Å². The third-order valence-corrected chi connectivity index (χ3v) is 1.68. The molecule has 94 valence electrons. The van der Waals surface area contributed by atoms with E-state index < -0.39 is 6.09 Å². The number of nitrogens with two attached hydrogens (primary N) is 2. The van der Waals surface area contributed by atoms with Gasteiger partial charge in [0.05, 0.1) is 6.61 Å². The Balaban J connectivity index is 2.94. The Labute approximate surface area is 98.3 Å². The Kier molecular flexibility index (Phi) is 4.32. The van der Waals surface area contributed by atoms with Crippen LogP contribution in [0.15, 0.2) is 0 Å². The van der Waals surface area contributed by atoms with Crippen LogP contribution < -0.4 is 26.3 Å². The van der Waals surface area contributed by atoms with Gasteiger partial charge >= 0.3 is 6.09 Å². The van der Waals surface area contributed by atoms with Crippen molar-refractivity contribution in [1.29, 1.82) is 0 Å². The second-order valence-corrected chi connectivity index (χ2v) is 2.96. The average molecular weight is 241 g/mol. The minimum absolute atomic E-state index is 0.0345. The predicted octanol–water partition coefficient (Wildman–Crippen LogP) is 0.148. The third-order valence-electron chi connectivity index (χ3n) is 1.68. The van der Waals surface area contributed by atoms with E-state index in [1.165, 1.54) is 0 Å². The van der Waals surface area contributed by atoms with Crippen LogP contribution in [0.5, 0.6) is 11.8 Å². The van der Waals surface area contributed by atoms with Crippen molar-refractivity contribution in [2.75, 3.05) is 24.6 Å². The fraction of sp³-hybridized carbons (Fsp3) is 0.444. The van der Waals surface area contributed by atoms with E-state index in [2.05, 4.69) is 15.3 Å². The van der Waals surface area contributed by atoms with Gasteiger partial charge in [-0.25, -0.2) is 4.79 Å². The SMILES string of the molecule is CCNC(=O)Oc1nc(N)nc(OCC)c1N. The van der Waals surface area contributed by atoms with Gasteiger partial charge in [-0.3, -0.25) is 0 Å². The fourth-order valence-corrected chi connectivity index (χ4v) is 1.04. The zero-order valence-electron chi connectivity index (χ0n) is 9.69. The molecule has 1 aromatic heterocycles. The van der Waals surface area contributed by atoms with Crippen molar-refractivity contribution in [3.05, 3.63) is 0 Å². The monoisotopic (exact) mass is 241 g/mol. The number of anilines is 2. The van der Waals surface area contributed by atoms with Crippen molar-refractivity contribution in [3.8, 4) is 11.8 Å². The van der Waals surface area contributed by atoms with Crippen LogP contribution in [-0.4, -0.2) is 29.2 Å². The maximum atomic E-state index is 11.2. The van der Waals surface area contributed by atoms with Gasteiger partial charge in [-0.05, 0) is 13.8 Å². The van der Waals surface area contributed by atoms with Crippen molar-refractivity contribution in [3.63, 3.8) is 0 Å². The number of nitrogens with one attached hydrogen (secondary N) is 1. The highest BCUT2D eigenvalue weighted by Crippen LogP contribution is 2.28. The lowest BCUT2D eigenvalue weighted by Crippen LogP contribution is -2.27. The molecule has 17 heavy (non-hydrogen) atoms. The molecule has 0 atom stereocenters. The molecule has 0 saturated heterocycles. The number of rotatable bonds is 4. The molecule has 0 saturated carbocycles. The quantitative estimate of drug-likeness (QED) is 0.684. The van der Waals surface area contributed by atoms with Crippen LogP contribution in [0.25, 0.3) is 0 Å². The molecule has 0 aliphatic carbocycles. The summed E-state index contributed by atoms with van der Waals surface area (Å²) in [5.74, 6) is -0.104. The molecule has 0 aromatic carbocycles. The first-order valence-corrected chi connectivity index (χ1v) is 5.09. The molecular weight excluding hydrogens is 226 g/mol. The Bertz CT molecular complexity index is 410. The fourth-order valence-electron chi connectivity index (χ4n) is 1.04. The second-order valence-electron chi connectivity index (χ2n) is 2.96. The van der Waals surface area contributed by atoms with E-state index in [-0.39, 0.29) is 23.4 Å². The zero-order valence-corrected chi connectivity index (χ0v) is 9.69. The molecule has 5 N–H and O–H groups in total. The predicted molar refractivity (Wildman–Crippen MR) is 61.7 cm³/mol. The summed E-state index contributed by atoms with van der Waals surface area (Å²) in [5, 5.41) is 2.43. The van der Waals surface area contributed by atoms with Crippen LogP contribution in [0.3, 0.4) is 0 Å². The van der Waals surface area contributed by atoms with E-state index >= 15 is 0 Å². The number of hydrogen-bond donors (Lipinski definition) is 3. The van der Waals surface area contributed by atoms with Gasteiger partial charge in [0.25, 0.3) is 5.88 Å². The number of ether oxygens (including phenoxy) is 2. The third kappa shape index (κ3) is 3.37. The van der Waals surface area contributed by atoms with Crippen LogP contribution >= 0.6 is 0 Å². The first-order chi connectivity index (χ1) is 8.08. The van der Waals surface area contributed by atoms with Gasteiger partial charge in [-0.1, -0.05) is 0 Å². The molecular formula is C9H15N5O3. The number of carbonyl (C=O) groups excluding carboxylic acids is 1. The number of nitrogen functional groups attached to an aromatic ring is 2. The van der Waals surface area contributed by atoms with Gasteiger partial charge < -0.3 is 26.3 Å². The van der Waals surface area contributed by atoms with Gasteiger partial charge in [0, 0.05) is 6.54 Å². The van der Waals surface area contributed by atoms with Crippen molar-refractivity contribution in [2.24, 2.45) is 0 Å². The summed E-state index contributed by atoms with van der Waals surface area (Å²) >= 11 is 0. The summed E-state index contributed by atoms with van der Waals surface area (Å²) < 4.78 is 10.00. The number of hydrogen-bond acceptors (Lipinski definition) is 7. The Morgan fingerprint density at radius 1 is 1.29 bits per heavy atom. The molecule has 1 aromatic rings. The standard InChI is InChI=1S/C9H15N5O3/c1-3-12-9(15)17-7-5(10)6(16-4-2)13-8(11)14-7/h3-4,10H2,1-2H3,(H,12,15)(H2,11,13,14). The summed E-state index contributed by atoms with van der Waals surface area (Å²) in [6, 6.07) is 0. The molecule has 0 bridgehead atoms. The van der Waals surface area contributed by atoms with Crippen molar-refractivity contribution >= 4 is 17.7 Å². The number of aromatic nitrogens is 2. The molecule has 1 amide bonds. The van der Waals surface area contributed by atoms with E-state index in [4.69, 9.17) is 20.9 Å². The van der Waals surface area contributed by atoms with Crippen LogP contribution in [0.4, 0.5) is 16.4 Å². The first-order valence-electron chi connectivity index (χ1n) is 5.09. The number of amides is 1. The van der Waals surface area contributed by atoms with Crippen LogP contribution in [0.1, 0.15) is 13.8 Å². The van der Waals surface area contributed by atoms with E-state index in [1.807, 2.05) is 0 Å². The van der Waals surface area contributed by atoms with Gasteiger partial charge in [0.1, 0.15) is 0 Å². The molecule has 0 unspecified atom stereocenters. The molecule has 8 heteroatoms. The maximum Gasteiger partial charge on any atom is 0.414 e. The first kappa shape index (κ1) is 12.8. The number of nitrogens with zero attached hydrogens (tertiary/aromatic N) is 2. The highest BCUT2D eigenvalue weighted by Gasteiger charge is 2.15. The van der Waals surface area contributed by atoms with Crippen molar-refractivity contribution < 1.29 is 14.3 Å². The van der Waals surface area contributed by atoms with E-state index in [0.29, 0.717) is 13.2 Å². The highest BCUT2D eigenvalue weighted by molar-refractivity contribution is 5.73. The summed E-state index contributed by atoms with van der Waals surface area (Å²) in [5.41, 5.74) is 11.1. The summed E-state index contributed by atoms with van der Waals surface area (Å²) in [6.45, 7) is 4.31. The molecule has 1 heterocycles. The van der Waals surface area contributed by atoms with Gasteiger partial charge in [0.2, 0.25) is 11.8 Å². The lowest BCUT2D eigenvalue weighted by Gasteiger charge is -2.10. The van der Waals surface area contributed by atoms with E-state index in [1.54, 1.807) is 13.8 Å². The van der Waals surface area contributed by atoms with Crippen LogP contribution in [0.2, 0.25) is 0 Å². The molecule has 0 fully saturated rings. The highest BCUT2D eigenvalue weighted by atomic mass is 16.6. The van der Waals surface area contributed by atoms with Gasteiger partial charge in [-0.15, -0.1) is 0 Å². The maximum absolute atomic E-state index is 11.2. The second kappa shape index (κ2) is 5.73. The van der Waals surface area contributed by atoms with Crippen molar-refractivity contribution in [2.45, 2.75) is 13.8 Å². The molecule has 1 rings (SSSR count). The smallest absolute Gasteiger partial charge is 0.414 e. The van der Waals surface area contributed by atoms with Gasteiger partial charge in [-0.2, -0.15) is 9.97 Å². The molecule has 8 nitrogen and oxygen atoms in total. The lowest BCUT2D eigenvalue weighted by molar-refractivity contribution is 0.199. The average Bonchev–Trinajstić information content (AvgIpc) is 2.25. The summed E-state index contributed by atoms with van der Waals surface area (Å²) in [4.78, 5) is 18.7. The lowest BCUT2D eigenvalue weighted by atomic mass is 10.5. The largest absolute Gasteiger partial charge is 0.476 e. The normalized spacial score (nSPS) is 9.76. The van der Waals surface area contributed by atoms with Crippen LogP contribution in [-0.2, 0) is 0 Å². The summed E-state index contributed by atoms with van der Waals surface area (Å²) in [6.07, 6.45) is -0.667. The van der Waals surface area contributed by atoms with Gasteiger partial charge in [0.15, 0.2) is 5.69 Å². The minimum Gasteiger partial charge on any atom is -0.476 e. The molecule has 0 spiro atoms. The topological polar surface area (TPSA) is 125 Å². The zero-order chi connectivity index (χ0) is 12.8. The van der Waals surface area contributed by atoms with Crippen LogP contribution in [0, 0.1) is 0 Å². The molecule has 0 aliphatic heterocycles. The Morgan fingerprint density at radius 2 is 1.94 bits per heavy atom. The summed E-state index contributed by atoms with van der Waals surface area (Å²) in [7, 11) is 0.